The summed E-state index contributed by atoms with van der Waals surface area (Å²) in [5.74, 6) is 6.96. The lowest BCUT2D eigenvalue weighted by Crippen LogP contribution is -2.32. The summed E-state index contributed by atoms with van der Waals surface area (Å²) in [6.07, 6.45) is 4.68. The van der Waals surface area contributed by atoms with Gasteiger partial charge in [-0.25, -0.2) is 4.98 Å². The fraction of sp³-hybridized carbons (Fsp3) is 0.533. The second-order valence-electron chi connectivity index (χ2n) is 4.95. The van der Waals surface area contributed by atoms with Gasteiger partial charge in [0, 0.05) is 12.0 Å². The summed E-state index contributed by atoms with van der Waals surface area (Å²) >= 11 is 0. The van der Waals surface area contributed by atoms with E-state index in [-0.39, 0.29) is 6.04 Å². The topological polar surface area (TPSA) is 60.2 Å². The molecule has 1 saturated carbocycles. The molecule has 0 aromatic carbocycles. The van der Waals surface area contributed by atoms with E-state index in [2.05, 4.69) is 22.1 Å². The average molecular weight is 277 g/mol. The Hall–Kier alpha value is -1.64. The highest BCUT2D eigenvalue weighted by molar-refractivity contribution is 5.16. The molecule has 2 rings (SSSR count). The summed E-state index contributed by atoms with van der Waals surface area (Å²) in [4.78, 5) is 3.51. The maximum Gasteiger partial charge on any atom is 0.213 e. The predicted molar refractivity (Wildman–Crippen MR) is 75.7 cm³/mol. The van der Waals surface area contributed by atoms with Crippen LogP contribution in [0.1, 0.15) is 19.3 Å². The van der Waals surface area contributed by atoms with Gasteiger partial charge < -0.3 is 15.8 Å². The first-order valence-corrected chi connectivity index (χ1v) is 6.93. The minimum Gasteiger partial charge on any atom is -0.490 e. The molecule has 0 amide bonds. The van der Waals surface area contributed by atoms with Gasteiger partial charge in [0.2, 0.25) is 5.95 Å². The van der Waals surface area contributed by atoms with Crippen LogP contribution in [0, 0.1) is 23.7 Å². The van der Waals surface area contributed by atoms with E-state index in [1.54, 1.807) is 6.07 Å². The molecular weight excluding hydrogens is 257 g/mol. The molecule has 1 fully saturated rings. The van der Waals surface area contributed by atoms with Crippen molar-refractivity contribution in [3.05, 3.63) is 24.3 Å². The van der Waals surface area contributed by atoms with Gasteiger partial charge in [0.05, 0.1) is 12.7 Å². The molecule has 108 valence electrons. The van der Waals surface area contributed by atoms with E-state index in [1.807, 2.05) is 0 Å². The lowest BCUT2D eigenvalue weighted by molar-refractivity contribution is 0.280. The van der Waals surface area contributed by atoms with Crippen molar-refractivity contribution in [2.75, 3.05) is 19.7 Å². The van der Waals surface area contributed by atoms with Crippen molar-refractivity contribution in [2.24, 2.45) is 11.7 Å². The van der Waals surface area contributed by atoms with Crippen molar-refractivity contribution < 1.29 is 9.13 Å². The Bertz CT molecular complexity index is 462. The number of aromatic nitrogens is 1. The number of pyridine rings is 1. The van der Waals surface area contributed by atoms with E-state index >= 15 is 0 Å². The molecule has 0 radical (unpaired) electrons. The van der Waals surface area contributed by atoms with Gasteiger partial charge in [0.25, 0.3) is 0 Å². The molecule has 0 bridgehead atoms. The third kappa shape index (κ3) is 6.00. The van der Waals surface area contributed by atoms with E-state index in [4.69, 9.17) is 10.5 Å². The van der Waals surface area contributed by atoms with Crippen LogP contribution in [0.2, 0.25) is 0 Å². The lowest BCUT2D eigenvalue weighted by Gasteiger charge is -2.12. The third-order valence-electron chi connectivity index (χ3n) is 2.95. The number of nitrogens with two attached hydrogens (primary N) is 1. The van der Waals surface area contributed by atoms with Crippen molar-refractivity contribution in [2.45, 2.75) is 25.3 Å². The summed E-state index contributed by atoms with van der Waals surface area (Å²) in [7, 11) is 0. The normalized spacial score (nSPS) is 15.3. The summed E-state index contributed by atoms with van der Waals surface area (Å²) < 4.78 is 18.0. The summed E-state index contributed by atoms with van der Waals surface area (Å²) in [6, 6.07) is 2.74. The molecule has 4 nitrogen and oxygen atoms in total. The van der Waals surface area contributed by atoms with Crippen molar-refractivity contribution in [1.82, 2.24) is 10.3 Å². The molecule has 1 aliphatic rings. The minimum absolute atomic E-state index is 0.0658. The van der Waals surface area contributed by atoms with Gasteiger partial charge in [0.1, 0.15) is 12.4 Å². The van der Waals surface area contributed by atoms with Gasteiger partial charge in [-0.1, -0.05) is 11.8 Å². The number of nitrogens with one attached hydrogen (secondary N) is 1. The number of rotatable bonds is 7. The van der Waals surface area contributed by atoms with Gasteiger partial charge in [-0.05, 0) is 37.9 Å². The molecule has 0 saturated heterocycles. The molecular formula is C15H20FN3O. The highest BCUT2D eigenvalue weighted by atomic mass is 19.1. The zero-order chi connectivity index (χ0) is 14.2. The predicted octanol–water partition coefficient (Wildman–Crippen LogP) is 1.32. The number of halogens is 1. The van der Waals surface area contributed by atoms with Crippen molar-refractivity contribution in [3.8, 4) is 17.6 Å². The maximum atomic E-state index is 12.6. The molecule has 1 unspecified atom stereocenters. The fourth-order valence-corrected chi connectivity index (χ4v) is 1.60. The summed E-state index contributed by atoms with van der Waals surface area (Å²) in [5, 5.41) is 3.23. The van der Waals surface area contributed by atoms with E-state index in [1.165, 1.54) is 25.1 Å². The Morgan fingerprint density at radius 1 is 1.50 bits per heavy atom. The molecule has 1 aromatic rings. The highest BCUT2D eigenvalue weighted by Gasteiger charge is 2.17. The first kappa shape index (κ1) is 14.8. The SMILES string of the molecule is NC(CCNCC#CC1CC1)COc1ccc(F)nc1. The second kappa shape index (κ2) is 7.83. The first-order valence-electron chi connectivity index (χ1n) is 6.93. The molecule has 1 atom stereocenters. The smallest absolute Gasteiger partial charge is 0.213 e. The van der Waals surface area contributed by atoms with Gasteiger partial charge in [0.15, 0.2) is 0 Å². The van der Waals surface area contributed by atoms with Crippen LogP contribution >= 0.6 is 0 Å². The van der Waals surface area contributed by atoms with Crippen molar-refractivity contribution >= 4 is 0 Å². The molecule has 0 spiro atoms. The Morgan fingerprint density at radius 2 is 2.35 bits per heavy atom. The zero-order valence-electron chi connectivity index (χ0n) is 11.4. The Kier molecular flexibility index (Phi) is 5.78. The van der Waals surface area contributed by atoms with Crippen LogP contribution in [0.25, 0.3) is 0 Å². The van der Waals surface area contributed by atoms with Crippen LogP contribution in [0.15, 0.2) is 18.3 Å². The molecule has 1 heterocycles. The summed E-state index contributed by atoms with van der Waals surface area (Å²) in [6.45, 7) is 1.92. The molecule has 3 N–H and O–H groups in total. The minimum atomic E-state index is -0.516. The Balaban J connectivity index is 1.52. The molecule has 1 aliphatic carbocycles. The van der Waals surface area contributed by atoms with Crippen LogP contribution in [0.5, 0.6) is 5.75 Å². The van der Waals surface area contributed by atoms with Gasteiger partial charge in [-0.2, -0.15) is 4.39 Å². The monoisotopic (exact) mass is 277 g/mol. The fourth-order valence-electron chi connectivity index (χ4n) is 1.60. The van der Waals surface area contributed by atoms with E-state index in [9.17, 15) is 4.39 Å². The van der Waals surface area contributed by atoms with Crippen LogP contribution in [0.3, 0.4) is 0 Å². The van der Waals surface area contributed by atoms with E-state index in [0.717, 1.165) is 13.0 Å². The molecule has 20 heavy (non-hydrogen) atoms. The second-order valence-corrected chi connectivity index (χ2v) is 4.95. The molecule has 0 aliphatic heterocycles. The van der Waals surface area contributed by atoms with Crippen LogP contribution in [-0.4, -0.2) is 30.7 Å². The van der Waals surface area contributed by atoms with Crippen LogP contribution in [0.4, 0.5) is 4.39 Å². The van der Waals surface area contributed by atoms with E-state index < -0.39 is 5.95 Å². The molecule has 1 aromatic heterocycles. The number of hydrogen-bond acceptors (Lipinski definition) is 4. The van der Waals surface area contributed by atoms with Crippen LogP contribution in [-0.2, 0) is 0 Å². The lowest BCUT2D eigenvalue weighted by atomic mass is 10.2. The van der Waals surface area contributed by atoms with Crippen molar-refractivity contribution in [1.29, 1.82) is 0 Å². The van der Waals surface area contributed by atoms with E-state index in [0.29, 0.717) is 24.8 Å². The largest absolute Gasteiger partial charge is 0.490 e. The Morgan fingerprint density at radius 3 is 3.05 bits per heavy atom. The Labute approximate surface area is 118 Å². The standard InChI is InChI=1S/C15H20FN3O/c16-15-6-5-14(10-19-15)20-11-13(17)7-9-18-8-1-2-12-3-4-12/h5-6,10,12-13,18H,3-4,7-9,11,17H2. The maximum absolute atomic E-state index is 12.6. The number of ether oxygens (including phenoxy) is 1. The first-order chi connectivity index (χ1) is 9.74. The van der Waals surface area contributed by atoms with Gasteiger partial charge >= 0.3 is 0 Å². The van der Waals surface area contributed by atoms with Gasteiger partial charge in [-0.15, -0.1) is 0 Å². The highest BCUT2D eigenvalue weighted by Crippen LogP contribution is 2.27. The third-order valence-corrected chi connectivity index (χ3v) is 2.95. The zero-order valence-corrected chi connectivity index (χ0v) is 11.4. The average Bonchev–Trinajstić information content (AvgIpc) is 3.26. The van der Waals surface area contributed by atoms with Crippen molar-refractivity contribution in [3.63, 3.8) is 0 Å². The summed E-state index contributed by atoms with van der Waals surface area (Å²) in [5.41, 5.74) is 5.93. The molecule has 5 heteroatoms. The number of nitrogens with zero attached hydrogens (tertiary/aromatic N) is 1. The van der Waals surface area contributed by atoms with Crippen LogP contribution < -0.4 is 15.8 Å². The number of hydrogen-bond donors (Lipinski definition) is 2. The quantitative estimate of drug-likeness (QED) is 0.448. The van der Waals surface area contributed by atoms with Gasteiger partial charge in [-0.3, -0.25) is 0 Å².